The number of carbonyl (C=O) groups excluding carboxylic acids is 1. The first-order valence-corrected chi connectivity index (χ1v) is 6.43. The molecule has 6 nitrogen and oxygen atoms in total. The first-order valence-electron chi connectivity index (χ1n) is 6.43. The third-order valence-electron chi connectivity index (χ3n) is 2.98. The topological polar surface area (TPSA) is 98.7 Å². The molecule has 0 fully saturated rings. The molecule has 0 aromatic heterocycles. The van der Waals surface area contributed by atoms with Crippen molar-refractivity contribution in [3.05, 3.63) is 34.6 Å². The number of nitrogens with one attached hydrogen (secondary N) is 2. The largest absolute Gasteiger partial charge is 0.480 e. The fourth-order valence-electron chi connectivity index (χ4n) is 1.90. The van der Waals surface area contributed by atoms with Crippen molar-refractivity contribution in [1.29, 1.82) is 0 Å². The second-order valence-corrected chi connectivity index (χ2v) is 4.93. The molecule has 0 aliphatic heterocycles. The third kappa shape index (κ3) is 4.71. The molecule has 0 bridgehead atoms. The Balaban J connectivity index is 2.63. The molecule has 1 aromatic carbocycles. The number of rotatable bonds is 5. The molecule has 0 saturated carbocycles. The number of carboxylic acid groups (broad SMARTS) is 1. The molecule has 2 amide bonds. The predicted octanol–water partition coefficient (Wildman–Crippen LogP) is 1.08. The lowest BCUT2D eigenvalue weighted by Crippen LogP contribution is -2.50. The van der Waals surface area contributed by atoms with E-state index in [0.29, 0.717) is 16.7 Å². The summed E-state index contributed by atoms with van der Waals surface area (Å²) in [6.07, 6.45) is -1.22. The van der Waals surface area contributed by atoms with Gasteiger partial charge in [0.2, 0.25) is 0 Å². The van der Waals surface area contributed by atoms with Gasteiger partial charge in [0.1, 0.15) is 5.82 Å². The molecule has 0 spiro atoms. The number of amides is 2. The van der Waals surface area contributed by atoms with E-state index in [2.05, 4.69) is 10.6 Å². The van der Waals surface area contributed by atoms with Gasteiger partial charge in [-0.15, -0.1) is 0 Å². The molecule has 7 heteroatoms. The number of aliphatic carboxylic acids is 1. The van der Waals surface area contributed by atoms with E-state index in [-0.39, 0.29) is 12.4 Å². The SMILES string of the molecule is Cc1cc(CNC(=O)N[C@H](C(=O)O)[C@@H](C)O)cc(C)c1F. The summed E-state index contributed by atoms with van der Waals surface area (Å²) in [5.41, 5.74) is 1.64. The van der Waals surface area contributed by atoms with Crippen LogP contribution in [0.2, 0.25) is 0 Å². The molecule has 1 rings (SSSR count). The summed E-state index contributed by atoms with van der Waals surface area (Å²) >= 11 is 0. The van der Waals surface area contributed by atoms with Crippen LogP contribution in [0.1, 0.15) is 23.6 Å². The highest BCUT2D eigenvalue weighted by Crippen LogP contribution is 2.14. The first kappa shape index (κ1) is 16.9. The lowest BCUT2D eigenvalue weighted by atomic mass is 10.1. The van der Waals surface area contributed by atoms with Gasteiger partial charge >= 0.3 is 12.0 Å². The van der Waals surface area contributed by atoms with E-state index in [0.717, 1.165) is 0 Å². The van der Waals surface area contributed by atoms with Crippen molar-refractivity contribution < 1.29 is 24.2 Å². The number of hydrogen-bond acceptors (Lipinski definition) is 3. The van der Waals surface area contributed by atoms with Gasteiger partial charge in [-0.05, 0) is 37.5 Å². The lowest BCUT2D eigenvalue weighted by molar-refractivity contribution is -0.141. The minimum atomic E-state index is -1.39. The number of urea groups is 1. The van der Waals surface area contributed by atoms with E-state index in [4.69, 9.17) is 5.11 Å². The summed E-state index contributed by atoms with van der Waals surface area (Å²) in [4.78, 5) is 22.4. The molecular weight excluding hydrogens is 279 g/mol. The zero-order valence-corrected chi connectivity index (χ0v) is 12.1. The van der Waals surface area contributed by atoms with Crippen LogP contribution in [0, 0.1) is 19.7 Å². The van der Waals surface area contributed by atoms with Gasteiger partial charge in [-0.2, -0.15) is 0 Å². The van der Waals surface area contributed by atoms with Crippen LogP contribution in [0.3, 0.4) is 0 Å². The van der Waals surface area contributed by atoms with Gasteiger partial charge in [0.15, 0.2) is 6.04 Å². The predicted molar refractivity (Wildman–Crippen MR) is 74.4 cm³/mol. The van der Waals surface area contributed by atoms with E-state index in [9.17, 15) is 19.1 Å². The standard InChI is InChI=1S/C14H19FN2O4/c1-7-4-10(5-8(2)11(7)15)6-16-14(21)17-12(9(3)18)13(19)20/h4-5,9,12,18H,6H2,1-3H3,(H,19,20)(H2,16,17,21)/t9-,12+/m1/s1. The minimum absolute atomic E-state index is 0.125. The lowest BCUT2D eigenvalue weighted by Gasteiger charge is -2.17. The summed E-state index contributed by atoms with van der Waals surface area (Å²) < 4.78 is 13.5. The maximum absolute atomic E-state index is 13.5. The van der Waals surface area contributed by atoms with Crippen LogP contribution in [-0.2, 0) is 11.3 Å². The Kier molecular flexibility index (Phi) is 5.66. The van der Waals surface area contributed by atoms with Crippen LogP contribution in [0.4, 0.5) is 9.18 Å². The Morgan fingerprint density at radius 3 is 2.24 bits per heavy atom. The monoisotopic (exact) mass is 298 g/mol. The third-order valence-corrected chi connectivity index (χ3v) is 2.98. The van der Waals surface area contributed by atoms with Gasteiger partial charge in [-0.1, -0.05) is 12.1 Å². The molecule has 4 N–H and O–H groups in total. The Morgan fingerprint density at radius 1 is 1.29 bits per heavy atom. The summed E-state index contributed by atoms with van der Waals surface area (Å²) in [6.45, 7) is 4.64. The van der Waals surface area contributed by atoms with Crippen molar-refractivity contribution in [2.45, 2.75) is 39.5 Å². The average molecular weight is 298 g/mol. The van der Waals surface area contributed by atoms with Crippen LogP contribution in [0.25, 0.3) is 0 Å². The Labute approximate surface area is 122 Å². The summed E-state index contributed by atoms with van der Waals surface area (Å²) in [6, 6.07) is 1.10. The van der Waals surface area contributed by atoms with Gasteiger partial charge in [0.25, 0.3) is 0 Å². The number of aliphatic hydroxyl groups excluding tert-OH is 1. The Morgan fingerprint density at radius 2 is 1.81 bits per heavy atom. The molecule has 0 aliphatic rings. The Bertz CT molecular complexity index is 523. The van der Waals surface area contributed by atoms with Crippen LogP contribution in [-0.4, -0.2) is 34.4 Å². The van der Waals surface area contributed by atoms with Crippen molar-refractivity contribution in [3.8, 4) is 0 Å². The zero-order chi connectivity index (χ0) is 16.2. The number of halogens is 1. The molecular formula is C14H19FN2O4. The maximum atomic E-state index is 13.5. The summed E-state index contributed by atoms with van der Waals surface area (Å²) in [5.74, 6) is -1.61. The minimum Gasteiger partial charge on any atom is -0.480 e. The number of hydrogen-bond donors (Lipinski definition) is 4. The first-order chi connectivity index (χ1) is 9.72. The van der Waals surface area contributed by atoms with Gasteiger partial charge in [-0.25, -0.2) is 14.0 Å². The molecule has 116 valence electrons. The molecule has 0 saturated heterocycles. The molecule has 21 heavy (non-hydrogen) atoms. The quantitative estimate of drug-likeness (QED) is 0.653. The number of carbonyl (C=O) groups is 2. The van der Waals surface area contributed by atoms with Crippen LogP contribution in [0.15, 0.2) is 12.1 Å². The Hall–Kier alpha value is -2.15. The fourth-order valence-corrected chi connectivity index (χ4v) is 1.90. The fraction of sp³-hybridized carbons (Fsp3) is 0.429. The highest BCUT2D eigenvalue weighted by molar-refractivity contribution is 5.82. The second-order valence-electron chi connectivity index (χ2n) is 4.93. The van der Waals surface area contributed by atoms with E-state index >= 15 is 0 Å². The van der Waals surface area contributed by atoms with Crippen molar-refractivity contribution >= 4 is 12.0 Å². The molecule has 0 heterocycles. The van der Waals surface area contributed by atoms with Gasteiger partial charge < -0.3 is 20.8 Å². The normalized spacial score (nSPS) is 13.4. The van der Waals surface area contributed by atoms with Gasteiger partial charge in [0.05, 0.1) is 6.10 Å². The average Bonchev–Trinajstić information content (AvgIpc) is 2.38. The highest BCUT2D eigenvalue weighted by atomic mass is 19.1. The summed E-state index contributed by atoms with van der Waals surface area (Å²) in [7, 11) is 0. The van der Waals surface area contributed by atoms with E-state index in [1.165, 1.54) is 6.92 Å². The van der Waals surface area contributed by atoms with Crippen LogP contribution < -0.4 is 10.6 Å². The highest BCUT2D eigenvalue weighted by Gasteiger charge is 2.24. The van der Waals surface area contributed by atoms with Crippen LogP contribution in [0.5, 0.6) is 0 Å². The number of carboxylic acids is 1. The van der Waals surface area contributed by atoms with Gasteiger partial charge in [0, 0.05) is 6.54 Å². The number of benzene rings is 1. The van der Waals surface area contributed by atoms with Crippen LogP contribution >= 0.6 is 0 Å². The smallest absolute Gasteiger partial charge is 0.328 e. The number of aryl methyl sites for hydroxylation is 2. The molecule has 0 aliphatic carbocycles. The van der Waals surface area contributed by atoms with E-state index in [1.807, 2.05) is 0 Å². The number of aliphatic hydroxyl groups is 1. The van der Waals surface area contributed by atoms with E-state index in [1.54, 1.807) is 26.0 Å². The van der Waals surface area contributed by atoms with Crippen molar-refractivity contribution in [2.24, 2.45) is 0 Å². The second kappa shape index (κ2) is 7.03. The van der Waals surface area contributed by atoms with Crippen molar-refractivity contribution in [1.82, 2.24) is 10.6 Å². The molecule has 0 unspecified atom stereocenters. The van der Waals surface area contributed by atoms with Crippen molar-refractivity contribution in [3.63, 3.8) is 0 Å². The summed E-state index contributed by atoms with van der Waals surface area (Å²) in [5, 5.41) is 22.7. The van der Waals surface area contributed by atoms with E-state index < -0.39 is 24.1 Å². The molecule has 2 atom stereocenters. The molecule has 0 radical (unpaired) electrons. The van der Waals surface area contributed by atoms with Crippen molar-refractivity contribution in [2.75, 3.05) is 0 Å². The maximum Gasteiger partial charge on any atom is 0.328 e. The zero-order valence-electron chi connectivity index (χ0n) is 12.1. The molecule has 1 aromatic rings. The van der Waals surface area contributed by atoms with Gasteiger partial charge in [-0.3, -0.25) is 0 Å².